The second kappa shape index (κ2) is 14.2. The molecule has 0 N–H and O–H groups in total. The minimum atomic E-state index is -3.40. The first kappa shape index (κ1) is 34.5. The Kier molecular flexibility index (Phi) is 10.2. The number of sulfone groups is 2. The highest BCUT2D eigenvalue weighted by Gasteiger charge is 2.22. The Morgan fingerprint density at radius 1 is 0.438 bits per heavy atom. The summed E-state index contributed by atoms with van der Waals surface area (Å²) >= 11 is 0. The van der Waals surface area contributed by atoms with E-state index in [1.807, 2.05) is 35.4 Å². The van der Waals surface area contributed by atoms with E-state index in [0.29, 0.717) is 22.9 Å². The van der Waals surface area contributed by atoms with Gasteiger partial charge in [0.15, 0.2) is 19.7 Å². The molecule has 0 radical (unpaired) electrons. The summed E-state index contributed by atoms with van der Waals surface area (Å²) in [5, 5.41) is 9.02. The molecule has 0 fully saturated rings. The van der Waals surface area contributed by atoms with E-state index >= 15 is 0 Å². The highest BCUT2D eigenvalue weighted by Crippen LogP contribution is 2.37. The fourth-order valence-corrected chi connectivity index (χ4v) is 10.7. The molecule has 0 amide bonds. The van der Waals surface area contributed by atoms with E-state index in [0.717, 1.165) is 79.8 Å². The Labute approximate surface area is 285 Å². The van der Waals surface area contributed by atoms with Crippen LogP contribution in [0.25, 0.3) is 54.1 Å². The monoisotopic (exact) mass is 686 g/mol. The van der Waals surface area contributed by atoms with Crippen molar-refractivity contribution in [2.24, 2.45) is 14.1 Å². The van der Waals surface area contributed by atoms with Crippen LogP contribution >= 0.6 is 0 Å². The van der Waals surface area contributed by atoms with Crippen LogP contribution in [0.1, 0.15) is 90.9 Å². The van der Waals surface area contributed by atoms with Gasteiger partial charge < -0.3 is 9.13 Å². The van der Waals surface area contributed by atoms with Crippen LogP contribution in [0.5, 0.6) is 0 Å². The molecular weight excluding hydrogens is 637 g/mol. The summed E-state index contributed by atoms with van der Waals surface area (Å²) in [6, 6.07) is 20.6. The minimum absolute atomic E-state index is 0.174. The number of benzene rings is 4. The van der Waals surface area contributed by atoms with Crippen LogP contribution in [0.4, 0.5) is 0 Å². The van der Waals surface area contributed by atoms with Gasteiger partial charge in [0, 0.05) is 35.9 Å². The molecule has 6 nitrogen and oxygen atoms in total. The number of aromatic nitrogens is 2. The number of hydrogen-bond acceptors (Lipinski definition) is 4. The minimum Gasteiger partial charge on any atom is -0.335 e. The second-order valence-corrected chi connectivity index (χ2v) is 17.9. The van der Waals surface area contributed by atoms with Gasteiger partial charge in [-0.15, -0.1) is 0 Å². The maximum Gasteiger partial charge on any atom is 0.193 e. The van der Waals surface area contributed by atoms with Gasteiger partial charge >= 0.3 is 0 Å². The molecule has 6 aromatic rings. The van der Waals surface area contributed by atoms with E-state index in [-0.39, 0.29) is 11.5 Å². The lowest BCUT2D eigenvalue weighted by Crippen LogP contribution is -2.11. The molecule has 0 aliphatic heterocycles. The highest BCUT2D eigenvalue weighted by atomic mass is 32.2. The third-order valence-electron chi connectivity index (χ3n) is 10.2. The molecule has 2 aromatic heterocycles. The van der Waals surface area contributed by atoms with Crippen molar-refractivity contribution in [3.63, 3.8) is 0 Å². The smallest absolute Gasteiger partial charge is 0.193 e. The Morgan fingerprint density at radius 2 is 0.812 bits per heavy atom. The normalized spacial score (nSPS) is 12.8. The zero-order chi connectivity index (χ0) is 34.1. The lowest BCUT2D eigenvalue weighted by molar-refractivity contribution is 0.575. The third kappa shape index (κ3) is 6.75. The van der Waals surface area contributed by atoms with Crippen LogP contribution in [-0.4, -0.2) is 37.5 Å². The number of unbranched alkanes of at least 4 members (excludes halogenated alkanes) is 10. The van der Waals surface area contributed by atoms with E-state index in [1.165, 1.54) is 38.5 Å². The first-order valence-corrected chi connectivity index (χ1v) is 21.2. The molecule has 0 atom stereocenters. The largest absolute Gasteiger partial charge is 0.335 e. The van der Waals surface area contributed by atoms with Crippen molar-refractivity contribution in [1.82, 2.24) is 9.13 Å². The maximum atomic E-state index is 13.4. The van der Waals surface area contributed by atoms with Crippen LogP contribution in [-0.2, 0) is 33.8 Å². The molecule has 4 aromatic carbocycles. The summed E-state index contributed by atoms with van der Waals surface area (Å²) in [5.41, 5.74) is 1.81. The molecule has 6 rings (SSSR count). The van der Waals surface area contributed by atoms with E-state index in [2.05, 4.69) is 62.4 Å². The topological polar surface area (TPSA) is 78.1 Å². The molecule has 2 heterocycles. The average Bonchev–Trinajstić information content (AvgIpc) is 3.58. The maximum absolute atomic E-state index is 13.4. The van der Waals surface area contributed by atoms with Crippen molar-refractivity contribution in [1.29, 1.82) is 0 Å². The van der Waals surface area contributed by atoms with Gasteiger partial charge in [0.05, 0.1) is 11.5 Å². The lowest BCUT2D eigenvalue weighted by Gasteiger charge is -2.10. The van der Waals surface area contributed by atoms with Gasteiger partial charge in [-0.3, -0.25) is 0 Å². The number of hydrogen-bond donors (Lipinski definition) is 0. The quantitative estimate of drug-likeness (QED) is 0.0750. The van der Waals surface area contributed by atoms with Crippen LogP contribution in [0, 0.1) is 0 Å². The van der Waals surface area contributed by atoms with Crippen molar-refractivity contribution >= 4 is 73.8 Å². The standard InChI is InChI=1S/C40H50N2O4S2/c1-5-7-9-11-13-15-21-47(43,44)39-27-31-23-35-29(25-37(31)41(39)3)17-19-34-33(35)20-18-30-26-38-32(24-36(30)34)28-40(42(38)4)48(45,46)22-16-14-12-10-8-6-2/h17-20,23-28H,5-16,21-22H2,1-4H3. The van der Waals surface area contributed by atoms with E-state index in [9.17, 15) is 16.8 Å². The highest BCUT2D eigenvalue weighted by molar-refractivity contribution is 7.91. The molecule has 0 unspecified atom stereocenters. The summed E-state index contributed by atoms with van der Waals surface area (Å²) in [6.45, 7) is 4.37. The zero-order valence-corrected chi connectivity index (χ0v) is 30.6. The van der Waals surface area contributed by atoms with E-state index < -0.39 is 19.7 Å². The van der Waals surface area contributed by atoms with Gasteiger partial charge in [-0.05, 0) is 81.6 Å². The van der Waals surface area contributed by atoms with Crippen molar-refractivity contribution in [2.75, 3.05) is 11.5 Å². The molecule has 0 bridgehead atoms. The summed E-state index contributed by atoms with van der Waals surface area (Å²) in [4.78, 5) is 0. The van der Waals surface area contributed by atoms with Crippen LogP contribution < -0.4 is 0 Å². The number of nitrogens with zero attached hydrogens (tertiary/aromatic N) is 2. The van der Waals surface area contributed by atoms with Crippen LogP contribution in [0.2, 0.25) is 0 Å². The first-order chi connectivity index (χ1) is 23.1. The van der Waals surface area contributed by atoms with Crippen LogP contribution in [0.3, 0.4) is 0 Å². The molecule has 0 spiro atoms. The Balaban J connectivity index is 1.33. The van der Waals surface area contributed by atoms with E-state index in [1.54, 1.807) is 0 Å². The SMILES string of the molecule is CCCCCCCCS(=O)(=O)c1cc2cc3c(ccc4c5cc6cc(S(=O)(=O)CCCCCCCC)n(C)c6cc5ccc34)cc2n1C. The number of fused-ring (bicyclic) bond motifs is 7. The summed E-state index contributed by atoms with van der Waals surface area (Å²) < 4.78 is 57.3. The molecule has 48 heavy (non-hydrogen) atoms. The molecular formula is C40H50N2O4S2. The van der Waals surface area contributed by atoms with Crippen molar-refractivity contribution in [3.05, 3.63) is 60.7 Å². The van der Waals surface area contributed by atoms with Gasteiger partial charge in [-0.1, -0.05) is 102 Å². The van der Waals surface area contributed by atoms with Gasteiger partial charge in [0.25, 0.3) is 0 Å². The zero-order valence-electron chi connectivity index (χ0n) is 29.0. The number of rotatable bonds is 16. The van der Waals surface area contributed by atoms with Gasteiger partial charge in [0.1, 0.15) is 10.1 Å². The second-order valence-electron chi connectivity index (χ2n) is 13.7. The van der Waals surface area contributed by atoms with Gasteiger partial charge in [0.2, 0.25) is 0 Å². The van der Waals surface area contributed by atoms with Crippen LogP contribution in [0.15, 0.2) is 70.7 Å². The Bertz CT molecular complexity index is 2160. The van der Waals surface area contributed by atoms with Gasteiger partial charge in [-0.25, -0.2) is 16.8 Å². The molecule has 8 heteroatoms. The lowest BCUT2D eigenvalue weighted by atomic mass is 9.95. The Hall–Kier alpha value is -3.36. The van der Waals surface area contributed by atoms with Crippen molar-refractivity contribution in [2.45, 2.75) is 101 Å². The number of aryl methyl sites for hydroxylation is 2. The summed E-state index contributed by atoms with van der Waals surface area (Å²) in [7, 11) is -3.10. The van der Waals surface area contributed by atoms with Crippen molar-refractivity contribution in [3.8, 4) is 0 Å². The third-order valence-corrected chi connectivity index (χ3v) is 13.9. The summed E-state index contributed by atoms with van der Waals surface area (Å²) in [5.74, 6) is 0.349. The summed E-state index contributed by atoms with van der Waals surface area (Å²) in [6.07, 6.45) is 12.5. The van der Waals surface area contributed by atoms with E-state index in [4.69, 9.17) is 0 Å². The first-order valence-electron chi connectivity index (χ1n) is 17.9. The fraction of sp³-hybridized carbons (Fsp3) is 0.450. The fourth-order valence-electron chi connectivity index (χ4n) is 7.44. The average molecular weight is 687 g/mol. The predicted octanol–water partition coefficient (Wildman–Crippen LogP) is 10.4. The molecule has 0 aliphatic rings. The molecule has 256 valence electrons. The Morgan fingerprint density at radius 3 is 1.21 bits per heavy atom. The molecule has 0 aliphatic carbocycles. The predicted molar refractivity (Wildman–Crippen MR) is 203 cm³/mol. The molecule has 0 saturated heterocycles. The molecule has 0 saturated carbocycles. The van der Waals surface area contributed by atoms with Gasteiger partial charge in [-0.2, -0.15) is 0 Å². The van der Waals surface area contributed by atoms with Crippen molar-refractivity contribution < 1.29 is 16.8 Å².